The minimum atomic E-state index is -0.449. The van der Waals surface area contributed by atoms with Gasteiger partial charge in [0.15, 0.2) is 0 Å². The van der Waals surface area contributed by atoms with Gasteiger partial charge in [0.25, 0.3) is 0 Å². The molecule has 4 heteroatoms. The van der Waals surface area contributed by atoms with Crippen LogP contribution in [0.3, 0.4) is 0 Å². The van der Waals surface area contributed by atoms with Gasteiger partial charge in [-0.25, -0.2) is 4.79 Å². The molecule has 0 saturated heterocycles. The van der Waals surface area contributed by atoms with E-state index in [1.165, 1.54) is 0 Å². The van der Waals surface area contributed by atoms with Crippen LogP contribution in [0.15, 0.2) is 12.3 Å². The molecular formula is C14H25NO3. The summed E-state index contributed by atoms with van der Waals surface area (Å²) in [4.78, 5) is 11.6. The van der Waals surface area contributed by atoms with Crippen LogP contribution in [0.4, 0.5) is 4.79 Å². The van der Waals surface area contributed by atoms with Gasteiger partial charge in [-0.3, -0.25) is 0 Å². The number of amides is 1. The van der Waals surface area contributed by atoms with E-state index in [0.717, 1.165) is 31.4 Å². The number of nitrogens with one attached hydrogen (secondary N) is 1. The fourth-order valence-electron chi connectivity index (χ4n) is 1.97. The van der Waals surface area contributed by atoms with E-state index in [1.807, 2.05) is 27.7 Å². The Bertz CT molecular complexity index is 307. The quantitative estimate of drug-likeness (QED) is 0.783. The molecule has 1 aliphatic carbocycles. The SMILES string of the molecule is C=C(CC)O[C@H]1CC[C@H](NC(=O)OC(C)(C)C)C1. The molecule has 1 saturated carbocycles. The first kappa shape index (κ1) is 14.9. The number of hydrogen-bond donors (Lipinski definition) is 1. The molecule has 0 radical (unpaired) electrons. The highest BCUT2D eigenvalue weighted by Gasteiger charge is 2.28. The third-order valence-electron chi connectivity index (χ3n) is 2.83. The van der Waals surface area contributed by atoms with Gasteiger partial charge >= 0.3 is 6.09 Å². The first-order valence-corrected chi connectivity index (χ1v) is 6.64. The number of hydrogen-bond acceptors (Lipinski definition) is 3. The minimum Gasteiger partial charge on any atom is -0.495 e. The number of ether oxygens (including phenoxy) is 2. The summed E-state index contributed by atoms with van der Waals surface area (Å²) in [6.45, 7) is 11.4. The number of carbonyl (C=O) groups is 1. The van der Waals surface area contributed by atoms with Crippen LogP contribution in [0, 0.1) is 0 Å². The number of carbonyl (C=O) groups excluding carboxylic acids is 1. The first-order valence-electron chi connectivity index (χ1n) is 6.64. The molecule has 0 aromatic rings. The van der Waals surface area contributed by atoms with E-state index in [4.69, 9.17) is 9.47 Å². The van der Waals surface area contributed by atoms with Crippen LogP contribution < -0.4 is 5.32 Å². The third kappa shape index (κ3) is 5.43. The largest absolute Gasteiger partial charge is 0.495 e. The number of alkyl carbamates (subject to hydrolysis) is 1. The average Bonchev–Trinajstić information content (AvgIpc) is 2.62. The van der Waals surface area contributed by atoms with Crippen LogP contribution in [-0.4, -0.2) is 23.8 Å². The van der Waals surface area contributed by atoms with Crippen molar-refractivity contribution >= 4 is 6.09 Å². The minimum absolute atomic E-state index is 0.148. The second-order valence-corrected chi connectivity index (χ2v) is 5.79. The van der Waals surface area contributed by atoms with Crippen LogP contribution in [0.25, 0.3) is 0 Å². The highest BCUT2D eigenvalue weighted by molar-refractivity contribution is 5.68. The molecule has 0 aromatic carbocycles. The molecule has 0 aromatic heterocycles. The van der Waals surface area contributed by atoms with E-state index in [9.17, 15) is 4.79 Å². The molecule has 1 fully saturated rings. The van der Waals surface area contributed by atoms with Gasteiger partial charge in [-0.1, -0.05) is 13.5 Å². The summed E-state index contributed by atoms with van der Waals surface area (Å²) < 4.78 is 10.9. The van der Waals surface area contributed by atoms with Crippen LogP contribution in [0.1, 0.15) is 53.4 Å². The third-order valence-corrected chi connectivity index (χ3v) is 2.83. The Morgan fingerprint density at radius 3 is 2.61 bits per heavy atom. The molecule has 2 atom stereocenters. The van der Waals surface area contributed by atoms with Crippen molar-refractivity contribution in [3.8, 4) is 0 Å². The van der Waals surface area contributed by atoms with Crippen LogP contribution >= 0.6 is 0 Å². The Morgan fingerprint density at radius 1 is 1.39 bits per heavy atom. The Balaban J connectivity index is 2.30. The van der Waals surface area contributed by atoms with E-state index >= 15 is 0 Å². The molecule has 0 aliphatic heterocycles. The van der Waals surface area contributed by atoms with Crippen molar-refractivity contribution < 1.29 is 14.3 Å². The fraction of sp³-hybridized carbons (Fsp3) is 0.786. The topological polar surface area (TPSA) is 47.6 Å². The Labute approximate surface area is 110 Å². The van der Waals surface area contributed by atoms with Crippen LogP contribution in [-0.2, 0) is 9.47 Å². The Morgan fingerprint density at radius 2 is 2.06 bits per heavy atom. The van der Waals surface area contributed by atoms with Crippen molar-refractivity contribution in [2.45, 2.75) is 71.1 Å². The smallest absolute Gasteiger partial charge is 0.407 e. The maximum absolute atomic E-state index is 11.6. The normalized spacial score (nSPS) is 23.6. The van der Waals surface area contributed by atoms with Crippen molar-refractivity contribution in [3.05, 3.63) is 12.3 Å². The summed E-state index contributed by atoms with van der Waals surface area (Å²) >= 11 is 0. The molecule has 1 amide bonds. The lowest BCUT2D eigenvalue weighted by Crippen LogP contribution is -2.38. The van der Waals surface area contributed by atoms with Gasteiger partial charge in [-0.05, 0) is 33.6 Å². The molecule has 18 heavy (non-hydrogen) atoms. The summed E-state index contributed by atoms with van der Waals surface area (Å²) in [6.07, 6.45) is 3.39. The maximum Gasteiger partial charge on any atom is 0.407 e. The lowest BCUT2D eigenvalue weighted by atomic mass is 10.2. The Kier molecular flexibility index (Phi) is 5.05. The zero-order valence-corrected chi connectivity index (χ0v) is 11.9. The van der Waals surface area contributed by atoms with Crippen LogP contribution in [0.2, 0.25) is 0 Å². The van der Waals surface area contributed by atoms with Gasteiger partial charge in [0.05, 0.1) is 5.76 Å². The van der Waals surface area contributed by atoms with E-state index in [2.05, 4.69) is 11.9 Å². The molecule has 0 spiro atoms. The number of rotatable bonds is 4. The fourth-order valence-corrected chi connectivity index (χ4v) is 1.97. The van der Waals surface area contributed by atoms with Gasteiger partial charge in [0.1, 0.15) is 11.7 Å². The second-order valence-electron chi connectivity index (χ2n) is 5.79. The number of allylic oxidation sites excluding steroid dienone is 1. The van der Waals surface area contributed by atoms with Crippen molar-refractivity contribution in [1.82, 2.24) is 5.32 Å². The van der Waals surface area contributed by atoms with Gasteiger partial charge in [0, 0.05) is 18.9 Å². The van der Waals surface area contributed by atoms with Gasteiger partial charge in [0.2, 0.25) is 0 Å². The summed E-state index contributed by atoms with van der Waals surface area (Å²) in [5, 5.41) is 2.89. The lowest BCUT2D eigenvalue weighted by molar-refractivity contribution is 0.0499. The van der Waals surface area contributed by atoms with Crippen LogP contribution in [0.5, 0.6) is 0 Å². The zero-order valence-electron chi connectivity index (χ0n) is 11.9. The summed E-state index contributed by atoms with van der Waals surface area (Å²) in [6, 6.07) is 0.148. The molecule has 1 aliphatic rings. The first-order chi connectivity index (χ1) is 8.30. The van der Waals surface area contributed by atoms with Gasteiger partial charge < -0.3 is 14.8 Å². The standard InChI is InChI=1S/C14H25NO3/c1-6-10(2)17-12-8-7-11(9-12)15-13(16)18-14(3,4)5/h11-12H,2,6-9H2,1,3-5H3,(H,15,16)/t11-,12-/m0/s1. The molecule has 1 rings (SSSR count). The van der Waals surface area contributed by atoms with Crippen molar-refractivity contribution in [1.29, 1.82) is 0 Å². The van der Waals surface area contributed by atoms with Crippen molar-refractivity contribution in [2.24, 2.45) is 0 Å². The lowest BCUT2D eigenvalue weighted by Gasteiger charge is -2.21. The predicted molar refractivity (Wildman–Crippen MR) is 71.3 cm³/mol. The second kappa shape index (κ2) is 6.12. The molecule has 0 heterocycles. The predicted octanol–water partition coefficient (Wildman–Crippen LogP) is 3.37. The molecule has 1 N–H and O–H groups in total. The monoisotopic (exact) mass is 255 g/mol. The zero-order chi connectivity index (χ0) is 13.8. The summed E-state index contributed by atoms with van der Waals surface area (Å²) in [5.74, 6) is 0.818. The average molecular weight is 255 g/mol. The van der Waals surface area contributed by atoms with Crippen molar-refractivity contribution in [2.75, 3.05) is 0 Å². The molecule has 104 valence electrons. The van der Waals surface area contributed by atoms with E-state index < -0.39 is 5.60 Å². The molecule has 4 nitrogen and oxygen atoms in total. The highest BCUT2D eigenvalue weighted by Crippen LogP contribution is 2.24. The van der Waals surface area contributed by atoms with E-state index in [-0.39, 0.29) is 18.2 Å². The van der Waals surface area contributed by atoms with Gasteiger partial charge in [-0.2, -0.15) is 0 Å². The molecule has 0 bridgehead atoms. The molecule has 0 unspecified atom stereocenters. The Hall–Kier alpha value is -1.19. The van der Waals surface area contributed by atoms with E-state index in [0.29, 0.717) is 0 Å². The van der Waals surface area contributed by atoms with E-state index in [1.54, 1.807) is 0 Å². The maximum atomic E-state index is 11.6. The van der Waals surface area contributed by atoms with Crippen molar-refractivity contribution in [3.63, 3.8) is 0 Å². The van der Waals surface area contributed by atoms with Gasteiger partial charge in [-0.15, -0.1) is 0 Å². The summed E-state index contributed by atoms with van der Waals surface area (Å²) in [5.41, 5.74) is -0.449. The highest BCUT2D eigenvalue weighted by atomic mass is 16.6. The molecular weight excluding hydrogens is 230 g/mol. The summed E-state index contributed by atoms with van der Waals surface area (Å²) in [7, 11) is 0.